The van der Waals surface area contributed by atoms with Gasteiger partial charge in [0.2, 0.25) is 0 Å². The van der Waals surface area contributed by atoms with Gasteiger partial charge in [0.15, 0.2) is 0 Å². The molecule has 0 radical (unpaired) electrons. The fourth-order valence-electron chi connectivity index (χ4n) is 3.31. The second-order valence-corrected chi connectivity index (χ2v) is 6.42. The second-order valence-electron chi connectivity index (χ2n) is 6.42. The summed E-state index contributed by atoms with van der Waals surface area (Å²) in [5.41, 5.74) is 3.78. The molecule has 0 N–H and O–H groups in total. The van der Waals surface area contributed by atoms with Crippen LogP contribution in [0.25, 0.3) is 11.1 Å². The van der Waals surface area contributed by atoms with Gasteiger partial charge < -0.3 is 23.8 Å². The molecule has 0 aliphatic carbocycles. The largest absolute Gasteiger partial charge is 0.495 e. The Balaban J connectivity index is 2.16. The maximum Gasteiger partial charge on any atom is 0.355 e. The van der Waals surface area contributed by atoms with Crippen LogP contribution >= 0.6 is 0 Å². The smallest absolute Gasteiger partial charge is 0.355 e. The van der Waals surface area contributed by atoms with Gasteiger partial charge in [0.05, 0.1) is 39.2 Å². The Hall–Kier alpha value is -3.32. The molecular weight excluding hydrogens is 374 g/mol. The lowest BCUT2D eigenvalue weighted by atomic mass is 9.98. The van der Waals surface area contributed by atoms with E-state index in [4.69, 9.17) is 18.9 Å². The minimum atomic E-state index is -0.652. The van der Waals surface area contributed by atoms with E-state index < -0.39 is 11.9 Å². The molecule has 0 saturated heterocycles. The van der Waals surface area contributed by atoms with Crippen molar-refractivity contribution in [1.82, 2.24) is 0 Å². The van der Waals surface area contributed by atoms with Crippen molar-refractivity contribution in [3.8, 4) is 16.9 Å². The van der Waals surface area contributed by atoms with Crippen LogP contribution in [0.3, 0.4) is 0 Å². The lowest BCUT2D eigenvalue weighted by molar-refractivity contribution is -0.140. The van der Waals surface area contributed by atoms with Gasteiger partial charge in [-0.1, -0.05) is 30.3 Å². The molecule has 152 valence electrons. The number of aryl methyl sites for hydroxylation is 1. The number of hydrogen-bond acceptors (Lipinski definition) is 7. The summed E-state index contributed by atoms with van der Waals surface area (Å²) in [6.45, 7) is 1.99. The molecule has 0 unspecified atom stereocenters. The highest BCUT2D eigenvalue weighted by Crippen LogP contribution is 2.39. The van der Waals surface area contributed by atoms with Crippen molar-refractivity contribution in [2.45, 2.75) is 6.92 Å². The van der Waals surface area contributed by atoms with E-state index in [2.05, 4.69) is 0 Å². The van der Waals surface area contributed by atoms with E-state index in [1.165, 1.54) is 14.2 Å². The monoisotopic (exact) mass is 397 g/mol. The van der Waals surface area contributed by atoms with Gasteiger partial charge in [0.25, 0.3) is 0 Å². The van der Waals surface area contributed by atoms with E-state index in [9.17, 15) is 9.59 Å². The number of carbonyl (C=O) groups is 2. The van der Waals surface area contributed by atoms with Gasteiger partial charge in [-0.25, -0.2) is 9.59 Å². The number of methoxy groups -OCH3 is 3. The van der Waals surface area contributed by atoms with Crippen molar-refractivity contribution < 1.29 is 28.5 Å². The number of ether oxygens (including phenoxy) is 4. The van der Waals surface area contributed by atoms with E-state index in [1.54, 1.807) is 12.0 Å². The molecule has 0 fully saturated rings. The fraction of sp³-hybridized carbons (Fsp3) is 0.273. The Morgan fingerprint density at radius 1 is 1.00 bits per heavy atom. The first-order valence-electron chi connectivity index (χ1n) is 9.01. The average molecular weight is 397 g/mol. The molecule has 0 atom stereocenters. The SMILES string of the molecule is COC(=O)C1=C(C(=O)OC)N(c2cc(C)c(-c3ccccc3)cc2OC)COC1. The summed E-state index contributed by atoms with van der Waals surface area (Å²) >= 11 is 0. The molecule has 2 aromatic rings. The molecule has 0 aromatic heterocycles. The molecule has 1 heterocycles. The maximum atomic E-state index is 12.5. The quantitative estimate of drug-likeness (QED) is 0.718. The first kappa shape index (κ1) is 20.4. The van der Waals surface area contributed by atoms with E-state index >= 15 is 0 Å². The van der Waals surface area contributed by atoms with Crippen molar-refractivity contribution in [2.75, 3.05) is 39.6 Å². The van der Waals surface area contributed by atoms with Crippen molar-refractivity contribution in [3.05, 3.63) is 59.3 Å². The Kier molecular flexibility index (Phi) is 6.19. The fourth-order valence-corrected chi connectivity index (χ4v) is 3.31. The summed E-state index contributed by atoms with van der Waals surface area (Å²) < 4.78 is 20.9. The van der Waals surface area contributed by atoms with Gasteiger partial charge in [-0.2, -0.15) is 0 Å². The number of anilines is 1. The van der Waals surface area contributed by atoms with Gasteiger partial charge in [0.1, 0.15) is 18.2 Å². The van der Waals surface area contributed by atoms with Gasteiger partial charge >= 0.3 is 11.9 Å². The van der Waals surface area contributed by atoms with Crippen molar-refractivity contribution in [3.63, 3.8) is 0 Å². The molecule has 0 saturated carbocycles. The molecule has 29 heavy (non-hydrogen) atoms. The van der Waals surface area contributed by atoms with Gasteiger partial charge in [-0.15, -0.1) is 0 Å². The summed E-state index contributed by atoms with van der Waals surface area (Å²) in [4.78, 5) is 26.3. The average Bonchev–Trinajstić information content (AvgIpc) is 2.77. The molecule has 3 rings (SSSR count). The first-order chi connectivity index (χ1) is 14.0. The van der Waals surface area contributed by atoms with E-state index in [1.807, 2.05) is 49.4 Å². The van der Waals surface area contributed by atoms with Crippen molar-refractivity contribution >= 4 is 17.6 Å². The third-order valence-corrected chi connectivity index (χ3v) is 4.73. The summed E-state index contributed by atoms with van der Waals surface area (Å²) in [7, 11) is 4.07. The number of hydrogen-bond donors (Lipinski definition) is 0. The zero-order valence-corrected chi connectivity index (χ0v) is 16.9. The highest BCUT2D eigenvalue weighted by Gasteiger charge is 2.34. The Labute approximate surface area is 169 Å². The van der Waals surface area contributed by atoms with E-state index in [-0.39, 0.29) is 24.6 Å². The normalized spacial score (nSPS) is 13.9. The Morgan fingerprint density at radius 3 is 2.31 bits per heavy atom. The summed E-state index contributed by atoms with van der Waals surface area (Å²) in [5, 5.41) is 0. The molecule has 7 nitrogen and oxygen atoms in total. The number of benzene rings is 2. The zero-order valence-electron chi connectivity index (χ0n) is 16.9. The highest BCUT2D eigenvalue weighted by atomic mass is 16.5. The lowest BCUT2D eigenvalue weighted by Gasteiger charge is -2.32. The molecule has 0 spiro atoms. The molecule has 2 aromatic carbocycles. The predicted molar refractivity (Wildman–Crippen MR) is 108 cm³/mol. The topological polar surface area (TPSA) is 74.3 Å². The highest BCUT2D eigenvalue weighted by molar-refractivity contribution is 6.03. The maximum absolute atomic E-state index is 12.5. The number of nitrogens with zero attached hydrogens (tertiary/aromatic N) is 1. The number of carbonyl (C=O) groups excluding carboxylic acids is 2. The first-order valence-corrected chi connectivity index (χ1v) is 9.01. The van der Waals surface area contributed by atoms with Crippen LogP contribution in [0, 0.1) is 6.92 Å². The standard InChI is InChI=1S/C22H23NO6/c1-14-10-18(19(26-2)11-16(14)15-8-6-5-7-9-15)23-13-29-12-17(21(24)27-3)20(23)22(25)28-4/h5-11H,12-13H2,1-4H3. The number of rotatable bonds is 5. The van der Waals surface area contributed by atoms with Crippen LogP contribution in [0.2, 0.25) is 0 Å². The van der Waals surface area contributed by atoms with Crippen LogP contribution in [0.1, 0.15) is 5.56 Å². The Bertz CT molecular complexity index is 951. The van der Waals surface area contributed by atoms with Gasteiger partial charge in [-0.3, -0.25) is 0 Å². The predicted octanol–water partition coefficient (Wildman–Crippen LogP) is 3.06. The molecule has 7 heteroatoms. The van der Waals surface area contributed by atoms with E-state index in [0.29, 0.717) is 11.4 Å². The molecule has 0 bridgehead atoms. The summed E-state index contributed by atoms with van der Waals surface area (Å²) in [5.74, 6) is -0.766. The molecule has 0 amide bonds. The van der Waals surface area contributed by atoms with Gasteiger partial charge in [0, 0.05) is 0 Å². The van der Waals surface area contributed by atoms with Crippen molar-refractivity contribution in [2.24, 2.45) is 0 Å². The van der Waals surface area contributed by atoms with Crippen LogP contribution in [0.5, 0.6) is 5.75 Å². The lowest BCUT2D eigenvalue weighted by Crippen LogP contribution is -2.39. The number of esters is 2. The Morgan fingerprint density at radius 2 is 1.69 bits per heavy atom. The van der Waals surface area contributed by atoms with Crippen LogP contribution in [0.4, 0.5) is 5.69 Å². The van der Waals surface area contributed by atoms with Crippen LogP contribution in [0.15, 0.2) is 53.7 Å². The minimum Gasteiger partial charge on any atom is -0.495 e. The third kappa shape index (κ3) is 3.95. The summed E-state index contributed by atoms with van der Waals surface area (Å²) in [6.07, 6.45) is 0. The van der Waals surface area contributed by atoms with Crippen LogP contribution < -0.4 is 9.64 Å². The summed E-state index contributed by atoms with van der Waals surface area (Å²) in [6, 6.07) is 13.7. The van der Waals surface area contributed by atoms with Crippen molar-refractivity contribution in [1.29, 1.82) is 0 Å². The van der Waals surface area contributed by atoms with E-state index in [0.717, 1.165) is 16.7 Å². The minimum absolute atomic E-state index is 0.0446. The second kappa shape index (κ2) is 8.79. The van der Waals surface area contributed by atoms with Crippen LogP contribution in [-0.4, -0.2) is 46.6 Å². The van der Waals surface area contributed by atoms with Gasteiger partial charge in [-0.05, 0) is 35.7 Å². The zero-order chi connectivity index (χ0) is 21.0. The molecule has 1 aliphatic rings. The molecular formula is C22H23NO6. The third-order valence-electron chi connectivity index (χ3n) is 4.73. The van der Waals surface area contributed by atoms with Crippen LogP contribution in [-0.2, 0) is 23.8 Å². The molecule has 1 aliphatic heterocycles.